The second-order valence-electron chi connectivity index (χ2n) is 8.04. The zero-order valence-corrected chi connectivity index (χ0v) is 19.5. The smallest absolute Gasteiger partial charge is 0.225 e. The van der Waals surface area contributed by atoms with Gasteiger partial charge in [-0.2, -0.15) is 0 Å². The third-order valence-electron chi connectivity index (χ3n) is 5.76. The molecule has 2 N–H and O–H groups in total. The number of rotatable bonds is 11. The van der Waals surface area contributed by atoms with Crippen LogP contribution in [0.15, 0.2) is 41.2 Å². The molecule has 9 heteroatoms. The first-order valence-corrected chi connectivity index (χ1v) is 12.1. The van der Waals surface area contributed by atoms with Crippen LogP contribution < -0.4 is 5.32 Å². The van der Waals surface area contributed by atoms with Gasteiger partial charge in [0.2, 0.25) is 12.3 Å². The molecule has 4 rings (SSSR count). The van der Waals surface area contributed by atoms with Crippen LogP contribution in [-0.2, 0) is 40.2 Å². The number of thiophene rings is 1. The molecular weight excluding hydrogens is 440 g/mol. The van der Waals surface area contributed by atoms with E-state index in [2.05, 4.69) is 22.0 Å². The summed E-state index contributed by atoms with van der Waals surface area (Å²) in [5.41, 5.74) is 3.16. The zero-order chi connectivity index (χ0) is 23.0. The molecule has 0 saturated heterocycles. The lowest BCUT2D eigenvalue weighted by atomic mass is 10.0. The summed E-state index contributed by atoms with van der Waals surface area (Å²) in [5, 5.41) is 14.4. The maximum Gasteiger partial charge on any atom is 0.225 e. The van der Waals surface area contributed by atoms with Gasteiger partial charge in [-0.15, -0.1) is 11.3 Å². The Morgan fingerprint density at radius 1 is 1.42 bits per heavy atom. The molecule has 0 saturated carbocycles. The Balaban J connectivity index is 1.34. The molecule has 2 aliphatic heterocycles. The number of hydrogen-bond donors (Lipinski definition) is 2. The van der Waals surface area contributed by atoms with Gasteiger partial charge in [0.25, 0.3) is 0 Å². The number of allylic oxidation sites excluding steroid dienone is 1. The standard InChI is InChI=1S/C24H30N4O4S/c1-25-15-20-19-9-12-28(24(30)32-14-10-17-5-2-3-11-26-17)16-21(19)33-23(20)27-22(29)8-7-18-6-4-13-31-18/h2-3,5-6,11,24,30H,1,4,7-10,12-16H2,(H,27,29). The van der Waals surface area contributed by atoms with E-state index in [9.17, 15) is 9.90 Å². The molecule has 0 aliphatic carbocycles. The van der Waals surface area contributed by atoms with Crippen LogP contribution in [0.25, 0.3) is 0 Å². The van der Waals surface area contributed by atoms with E-state index in [0.717, 1.165) is 39.7 Å². The van der Waals surface area contributed by atoms with E-state index in [1.807, 2.05) is 29.2 Å². The van der Waals surface area contributed by atoms with Gasteiger partial charge in [0, 0.05) is 61.1 Å². The minimum atomic E-state index is -0.984. The molecule has 4 heterocycles. The molecule has 2 aromatic heterocycles. The van der Waals surface area contributed by atoms with Crippen LogP contribution in [-0.4, -0.2) is 53.8 Å². The van der Waals surface area contributed by atoms with Crippen molar-refractivity contribution in [1.82, 2.24) is 9.88 Å². The van der Waals surface area contributed by atoms with Crippen molar-refractivity contribution in [2.24, 2.45) is 4.99 Å². The second kappa shape index (κ2) is 11.5. The summed E-state index contributed by atoms with van der Waals surface area (Å²) in [4.78, 5) is 23.9. The van der Waals surface area contributed by atoms with Gasteiger partial charge in [0.15, 0.2) is 0 Å². The van der Waals surface area contributed by atoms with Gasteiger partial charge in [0.1, 0.15) is 5.00 Å². The van der Waals surface area contributed by atoms with Crippen molar-refractivity contribution in [3.8, 4) is 0 Å². The number of amides is 1. The van der Waals surface area contributed by atoms with Crippen LogP contribution in [0.4, 0.5) is 5.00 Å². The van der Waals surface area contributed by atoms with E-state index < -0.39 is 6.41 Å². The SMILES string of the molecule is C=NCc1c(NC(=O)CCC2=CCCO2)sc2c1CCN(C(O)OCCc1ccccn1)C2. The number of nitrogens with one attached hydrogen (secondary N) is 1. The average Bonchev–Trinajstić information content (AvgIpc) is 3.46. The maximum absolute atomic E-state index is 12.5. The number of aliphatic hydroxyl groups is 1. The van der Waals surface area contributed by atoms with E-state index in [1.54, 1.807) is 17.5 Å². The first-order valence-electron chi connectivity index (χ1n) is 11.2. The van der Waals surface area contributed by atoms with E-state index in [1.165, 1.54) is 5.56 Å². The van der Waals surface area contributed by atoms with Crippen LogP contribution >= 0.6 is 11.3 Å². The third-order valence-corrected chi connectivity index (χ3v) is 6.93. The second-order valence-corrected chi connectivity index (χ2v) is 9.14. The Hall–Kier alpha value is -2.59. The Morgan fingerprint density at radius 2 is 2.33 bits per heavy atom. The number of ether oxygens (including phenoxy) is 2. The fraction of sp³-hybridized carbons (Fsp3) is 0.458. The van der Waals surface area contributed by atoms with Gasteiger partial charge in [-0.1, -0.05) is 6.07 Å². The Bertz CT molecular complexity index is 992. The highest BCUT2D eigenvalue weighted by Crippen LogP contribution is 2.38. The van der Waals surface area contributed by atoms with Gasteiger partial charge in [-0.3, -0.25) is 14.8 Å². The van der Waals surface area contributed by atoms with Crippen molar-refractivity contribution in [2.75, 3.05) is 25.1 Å². The van der Waals surface area contributed by atoms with Crippen molar-refractivity contribution < 1.29 is 19.4 Å². The fourth-order valence-electron chi connectivity index (χ4n) is 4.05. The Kier molecular flexibility index (Phi) is 8.22. The van der Waals surface area contributed by atoms with E-state index in [4.69, 9.17) is 9.47 Å². The summed E-state index contributed by atoms with van der Waals surface area (Å²) in [5.74, 6) is 0.862. The third kappa shape index (κ3) is 6.26. The van der Waals surface area contributed by atoms with E-state index in [-0.39, 0.29) is 5.91 Å². The largest absolute Gasteiger partial charge is 0.498 e. The maximum atomic E-state index is 12.5. The summed E-state index contributed by atoms with van der Waals surface area (Å²) < 4.78 is 11.1. The van der Waals surface area contributed by atoms with Gasteiger partial charge in [0.05, 0.1) is 25.5 Å². The molecule has 2 aliphatic rings. The molecular formula is C24H30N4O4S. The lowest BCUT2D eigenvalue weighted by molar-refractivity contribution is -0.197. The van der Waals surface area contributed by atoms with Crippen molar-refractivity contribution in [1.29, 1.82) is 0 Å². The Morgan fingerprint density at radius 3 is 3.09 bits per heavy atom. The average molecular weight is 471 g/mol. The molecule has 0 fully saturated rings. The van der Waals surface area contributed by atoms with Crippen molar-refractivity contribution in [2.45, 2.75) is 51.6 Å². The van der Waals surface area contributed by atoms with Gasteiger partial charge < -0.3 is 19.9 Å². The number of carbonyl (C=O) groups excluding carboxylic acids is 1. The Labute approximate surface area is 198 Å². The molecule has 176 valence electrons. The predicted octanol–water partition coefficient (Wildman–Crippen LogP) is 3.26. The summed E-state index contributed by atoms with van der Waals surface area (Å²) in [7, 11) is 0. The molecule has 1 unspecified atom stereocenters. The van der Waals surface area contributed by atoms with Crippen LogP contribution in [0.5, 0.6) is 0 Å². The van der Waals surface area contributed by atoms with E-state index >= 15 is 0 Å². The number of nitrogens with zero attached hydrogens (tertiary/aromatic N) is 3. The van der Waals surface area contributed by atoms with Gasteiger partial charge in [-0.25, -0.2) is 4.90 Å². The number of aliphatic imine (C=N–C) groups is 1. The molecule has 8 nitrogen and oxygen atoms in total. The fourth-order valence-corrected chi connectivity index (χ4v) is 5.35. The number of hydrogen-bond acceptors (Lipinski definition) is 8. The quantitative estimate of drug-likeness (QED) is 0.387. The number of anilines is 1. The molecule has 0 aromatic carbocycles. The molecule has 33 heavy (non-hydrogen) atoms. The summed E-state index contributed by atoms with van der Waals surface area (Å²) in [6.07, 6.45) is 6.12. The molecule has 2 aromatic rings. The van der Waals surface area contributed by atoms with Crippen LogP contribution in [0.1, 0.15) is 41.0 Å². The lowest BCUT2D eigenvalue weighted by Gasteiger charge is -2.31. The highest BCUT2D eigenvalue weighted by Gasteiger charge is 2.28. The zero-order valence-electron chi connectivity index (χ0n) is 18.7. The summed E-state index contributed by atoms with van der Waals surface area (Å²) in [6.45, 7) is 6.42. The monoisotopic (exact) mass is 470 g/mol. The van der Waals surface area contributed by atoms with E-state index in [0.29, 0.717) is 52.1 Å². The molecule has 0 bridgehead atoms. The van der Waals surface area contributed by atoms with Gasteiger partial charge in [-0.05, 0) is 36.9 Å². The highest BCUT2D eigenvalue weighted by atomic mass is 32.1. The number of carbonyl (C=O) groups is 1. The molecule has 0 radical (unpaired) electrons. The van der Waals surface area contributed by atoms with Crippen LogP contribution in [0.3, 0.4) is 0 Å². The van der Waals surface area contributed by atoms with Crippen LogP contribution in [0, 0.1) is 0 Å². The molecule has 1 atom stereocenters. The van der Waals surface area contributed by atoms with Crippen molar-refractivity contribution in [3.05, 3.63) is 57.9 Å². The minimum absolute atomic E-state index is 0.0370. The van der Waals surface area contributed by atoms with Gasteiger partial charge >= 0.3 is 0 Å². The van der Waals surface area contributed by atoms with Crippen molar-refractivity contribution >= 4 is 29.0 Å². The van der Waals surface area contributed by atoms with Crippen molar-refractivity contribution in [3.63, 3.8) is 0 Å². The molecule has 0 spiro atoms. The number of pyridine rings is 1. The first kappa shape index (κ1) is 23.6. The number of aromatic nitrogens is 1. The lowest BCUT2D eigenvalue weighted by Crippen LogP contribution is -2.40. The highest BCUT2D eigenvalue weighted by molar-refractivity contribution is 7.16. The summed E-state index contributed by atoms with van der Waals surface area (Å²) in [6, 6.07) is 5.75. The minimum Gasteiger partial charge on any atom is -0.498 e. The normalized spacial score (nSPS) is 16.6. The molecule has 1 amide bonds. The van der Waals surface area contributed by atoms with Crippen LogP contribution in [0.2, 0.25) is 0 Å². The summed E-state index contributed by atoms with van der Waals surface area (Å²) >= 11 is 1.55. The predicted molar refractivity (Wildman–Crippen MR) is 128 cm³/mol. The first-order chi connectivity index (χ1) is 16.1. The number of fused-ring (bicyclic) bond motifs is 1. The number of aliphatic hydroxyl groups excluding tert-OH is 1. The topological polar surface area (TPSA) is 96.3 Å².